The number of phenolic OH excluding ortho intramolecular Hbond substituents is 1. The molecule has 20 heavy (non-hydrogen) atoms. The molecule has 1 fully saturated rings. The van der Waals surface area contributed by atoms with Crippen LogP contribution in [0.15, 0.2) is 22.7 Å². The van der Waals surface area contributed by atoms with Crippen molar-refractivity contribution in [3.8, 4) is 17.2 Å². The minimum absolute atomic E-state index is 0.0975. The average Bonchev–Trinajstić information content (AvgIpc) is 3.10. The average molecular weight is 278 g/mol. The summed E-state index contributed by atoms with van der Waals surface area (Å²) >= 11 is 0. The summed E-state index contributed by atoms with van der Waals surface area (Å²) in [6, 6.07) is 3.60. The predicted molar refractivity (Wildman–Crippen MR) is 68.5 cm³/mol. The Labute approximate surface area is 115 Å². The van der Waals surface area contributed by atoms with Crippen molar-refractivity contribution >= 4 is 0 Å². The van der Waals surface area contributed by atoms with E-state index in [0.717, 1.165) is 25.7 Å². The van der Waals surface area contributed by atoms with Crippen molar-refractivity contribution in [2.75, 3.05) is 7.11 Å². The van der Waals surface area contributed by atoms with Gasteiger partial charge in [-0.05, 0) is 43.9 Å². The second-order valence-corrected chi connectivity index (χ2v) is 4.99. The standard InChI is InChI=1S/C14H15FN2O3/c1-19-14(6-2-3-7-14)13-16-12(20-17-13)10-8-9(15)4-5-11(10)18/h4-5,8,18H,2-3,6-7H2,1H3. The lowest BCUT2D eigenvalue weighted by molar-refractivity contribution is -0.0178. The first-order valence-electron chi connectivity index (χ1n) is 6.53. The van der Waals surface area contributed by atoms with Gasteiger partial charge >= 0.3 is 0 Å². The third kappa shape index (κ3) is 2.06. The summed E-state index contributed by atoms with van der Waals surface area (Å²) in [6.07, 6.45) is 3.75. The number of phenols is 1. The summed E-state index contributed by atoms with van der Waals surface area (Å²) < 4.78 is 24.0. The van der Waals surface area contributed by atoms with Crippen LogP contribution in [-0.4, -0.2) is 22.4 Å². The normalized spacial score (nSPS) is 17.5. The third-order valence-corrected chi connectivity index (χ3v) is 3.82. The fraction of sp³-hybridized carbons (Fsp3) is 0.429. The molecule has 2 aromatic rings. The Kier molecular flexibility index (Phi) is 3.17. The van der Waals surface area contributed by atoms with Gasteiger partial charge in [-0.15, -0.1) is 0 Å². The van der Waals surface area contributed by atoms with Crippen LogP contribution in [0.4, 0.5) is 4.39 Å². The molecule has 1 saturated carbocycles. The molecule has 1 aromatic heterocycles. The highest BCUT2D eigenvalue weighted by atomic mass is 19.1. The van der Waals surface area contributed by atoms with Crippen molar-refractivity contribution in [3.05, 3.63) is 29.8 Å². The Balaban J connectivity index is 2.00. The van der Waals surface area contributed by atoms with Crippen LogP contribution in [0.5, 0.6) is 5.75 Å². The molecule has 0 aliphatic heterocycles. The highest BCUT2D eigenvalue weighted by Gasteiger charge is 2.40. The fourth-order valence-corrected chi connectivity index (χ4v) is 2.66. The maximum atomic E-state index is 13.3. The Hall–Kier alpha value is -1.95. The van der Waals surface area contributed by atoms with Crippen molar-refractivity contribution in [3.63, 3.8) is 0 Å². The van der Waals surface area contributed by atoms with Gasteiger partial charge in [-0.3, -0.25) is 0 Å². The molecule has 1 heterocycles. The van der Waals surface area contributed by atoms with Gasteiger partial charge in [-0.25, -0.2) is 4.39 Å². The number of hydrogen-bond acceptors (Lipinski definition) is 5. The summed E-state index contributed by atoms with van der Waals surface area (Å²) in [5.41, 5.74) is -0.335. The van der Waals surface area contributed by atoms with Gasteiger partial charge in [-0.1, -0.05) is 5.16 Å². The van der Waals surface area contributed by atoms with Crippen LogP contribution in [0.2, 0.25) is 0 Å². The first-order valence-corrected chi connectivity index (χ1v) is 6.53. The smallest absolute Gasteiger partial charge is 0.261 e. The highest BCUT2D eigenvalue weighted by molar-refractivity contribution is 5.61. The van der Waals surface area contributed by atoms with E-state index in [1.54, 1.807) is 7.11 Å². The Morgan fingerprint density at radius 1 is 1.35 bits per heavy atom. The van der Waals surface area contributed by atoms with Crippen LogP contribution < -0.4 is 0 Å². The SMILES string of the molecule is COC1(c2noc(-c3cc(F)ccc3O)n2)CCCC1. The lowest BCUT2D eigenvalue weighted by Crippen LogP contribution is -2.25. The number of rotatable bonds is 3. The fourth-order valence-electron chi connectivity index (χ4n) is 2.66. The molecule has 1 aromatic carbocycles. The molecule has 1 aliphatic rings. The topological polar surface area (TPSA) is 68.4 Å². The minimum atomic E-state index is -0.523. The van der Waals surface area contributed by atoms with E-state index in [2.05, 4.69) is 10.1 Å². The molecular weight excluding hydrogens is 263 g/mol. The van der Waals surface area contributed by atoms with E-state index in [4.69, 9.17) is 9.26 Å². The van der Waals surface area contributed by atoms with Gasteiger partial charge in [-0.2, -0.15) is 4.98 Å². The minimum Gasteiger partial charge on any atom is -0.507 e. The number of halogens is 1. The summed E-state index contributed by atoms with van der Waals surface area (Å²) in [6.45, 7) is 0. The maximum Gasteiger partial charge on any atom is 0.261 e. The van der Waals surface area contributed by atoms with E-state index >= 15 is 0 Å². The van der Waals surface area contributed by atoms with Gasteiger partial charge in [0.15, 0.2) is 0 Å². The quantitative estimate of drug-likeness (QED) is 0.934. The largest absolute Gasteiger partial charge is 0.507 e. The van der Waals surface area contributed by atoms with Crippen LogP contribution in [0.25, 0.3) is 11.5 Å². The Morgan fingerprint density at radius 2 is 2.10 bits per heavy atom. The number of ether oxygens (including phenoxy) is 1. The second-order valence-electron chi connectivity index (χ2n) is 4.99. The van der Waals surface area contributed by atoms with Crippen LogP contribution in [-0.2, 0) is 10.3 Å². The van der Waals surface area contributed by atoms with Gasteiger partial charge in [0.2, 0.25) is 5.82 Å². The molecule has 1 N–H and O–H groups in total. The van der Waals surface area contributed by atoms with Crippen LogP contribution in [0, 0.1) is 5.82 Å². The number of nitrogens with zero attached hydrogens (tertiary/aromatic N) is 2. The molecule has 3 rings (SSSR count). The number of benzene rings is 1. The molecule has 0 amide bonds. The molecule has 6 heteroatoms. The molecule has 0 spiro atoms. The molecule has 0 radical (unpaired) electrons. The van der Waals surface area contributed by atoms with Crippen LogP contribution >= 0.6 is 0 Å². The molecule has 1 aliphatic carbocycles. The molecule has 5 nitrogen and oxygen atoms in total. The molecular formula is C14H15FN2O3. The Morgan fingerprint density at radius 3 is 2.80 bits per heavy atom. The summed E-state index contributed by atoms with van der Waals surface area (Å²) in [7, 11) is 1.63. The van der Waals surface area contributed by atoms with E-state index in [0.29, 0.717) is 5.82 Å². The number of methoxy groups -OCH3 is 1. The summed E-state index contributed by atoms with van der Waals surface area (Å²) in [4.78, 5) is 4.28. The molecule has 0 unspecified atom stereocenters. The molecule has 106 valence electrons. The summed E-state index contributed by atoms with van der Waals surface area (Å²) in [5, 5.41) is 13.7. The molecule has 0 saturated heterocycles. The lowest BCUT2D eigenvalue weighted by atomic mass is 10.0. The van der Waals surface area contributed by atoms with E-state index in [1.165, 1.54) is 18.2 Å². The number of aromatic hydroxyl groups is 1. The first kappa shape index (κ1) is 13.1. The third-order valence-electron chi connectivity index (χ3n) is 3.82. The van der Waals surface area contributed by atoms with Crippen molar-refractivity contribution in [2.24, 2.45) is 0 Å². The highest BCUT2D eigenvalue weighted by Crippen LogP contribution is 2.41. The van der Waals surface area contributed by atoms with Crippen molar-refractivity contribution < 1.29 is 18.8 Å². The van der Waals surface area contributed by atoms with Crippen molar-refractivity contribution in [2.45, 2.75) is 31.3 Å². The van der Waals surface area contributed by atoms with Gasteiger partial charge in [0.1, 0.15) is 17.2 Å². The van der Waals surface area contributed by atoms with E-state index in [1.807, 2.05) is 0 Å². The molecule has 0 atom stereocenters. The second kappa shape index (κ2) is 4.86. The van der Waals surface area contributed by atoms with Gasteiger partial charge < -0.3 is 14.4 Å². The van der Waals surface area contributed by atoms with E-state index < -0.39 is 11.4 Å². The molecule has 0 bridgehead atoms. The van der Waals surface area contributed by atoms with Crippen LogP contribution in [0.1, 0.15) is 31.5 Å². The zero-order valence-corrected chi connectivity index (χ0v) is 11.1. The lowest BCUT2D eigenvalue weighted by Gasteiger charge is -2.22. The zero-order chi connectivity index (χ0) is 14.2. The monoisotopic (exact) mass is 278 g/mol. The Bertz CT molecular complexity index is 621. The van der Waals surface area contributed by atoms with Gasteiger partial charge in [0.05, 0.1) is 5.56 Å². The maximum absolute atomic E-state index is 13.3. The first-order chi connectivity index (χ1) is 9.64. The van der Waals surface area contributed by atoms with E-state index in [9.17, 15) is 9.50 Å². The summed E-state index contributed by atoms with van der Waals surface area (Å²) in [5.74, 6) is -0.0177. The van der Waals surface area contributed by atoms with E-state index in [-0.39, 0.29) is 17.2 Å². The number of aromatic nitrogens is 2. The van der Waals surface area contributed by atoms with Crippen molar-refractivity contribution in [1.29, 1.82) is 0 Å². The van der Waals surface area contributed by atoms with Crippen molar-refractivity contribution in [1.82, 2.24) is 10.1 Å². The van der Waals surface area contributed by atoms with Gasteiger partial charge in [0.25, 0.3) is 5.89 Å². The number of hydrogen-bond donors (Lipinski definition) is 1. The van der Waals surface area contributed by atoms with Crippen LogP contribution in [0.3, 0.4) is 0 Å². The van der Waals surface area contributed by atoms with Gasteiger partial charge in [0, 0.05) is 7.11 Å². The zero-order valence-electron chi connectivity index (χ0n) is 11.1. The predicted octanol–water partition coefficient (Wildman–Crippen LogP) is 3.00.